The SMILES string of the molecule is C1=Cc2cc(-c3ccc(N(c4ccc5sc6cc(-c7ccccc7)ccc6c5c4)c4ccc(-c5ccccc5)c5sc6ccccc6c45)cc3)c(-c3ccccc3)cc2CC1. The normalized spacial score (nSPS) is 12.4. The number of aryl methyl sites for hydroxylation is 1. The van der Waals surface area contributed by atoms with Crippen molar-refractivity contribution in [3.63, 3.8) is 0 Å². The molecule has 0 atom stereocenters. The lowest BCUT2D eigenvalue weighted by Crippen LogP contribution is -2.10. The third-order valence-electron chi connectivity index (χ3n) is 12.3. The summed E-state index contributed by atoms with van der Waals surface area (Å²) >= 11 is 3.77. The molecule has 0 spiro atoms. The van der Waals surface area contributed by atoms with E-state index in [1.807, 2.05) is 22.7 Å². The summed E-state index contributed by atoms with van der Waals surface area (Å²) < 4.78 is 5.19. The van der Waals surface area contributed by atoms with Crippen LogP contribution in [0.4, 0.5) is 17.1 Å². The second kappa shape index (κ2) is 14.9. The first-order chi connectivity index (χ1) is 30.2. The van der Waals surface area contributed by atoms with Gasteiger partial charge in [-0.3, -0.25) is 0 Å². The zero-order chi connectivity index (χ0) is 40.3. The fourth-order valence-electron chi connectivity index (χ4n) is 9.35. The van der Waals surface area contributed by atoms with Gasteiger partial charge in [0.25, 0.3) is 0 Å². The van der Waals surface area contributed by atoms with Crippen LogP contribution < -0.4 is 4.90 Å². The zero-order valence-corrected chi connectivity index (χ0v) is 35.0. The monoisotopic (exact) mass is 813 g/mol. The van der Waals surface area contributed by atoms with Crippen LogP contribution in [0.25, 0.3) is 90.9 Å². The number of rotatable bonds is 7. The van der Waals surface area contributed by atoms with Crippen LogP contribution in [-0.4, -0.2) is 0 Å². The highest BCUT2D eigenvalue weighted by Crippen LogP contribution is 2.50. The molecule has 0 bridgehead atoms. The van der Waals surface area contributed by atoms with E-state index in [0.717, 1.165) is 24.2 Å². The van der Waals surface area contributed by atoms with Crippen LogP contribution >= 0.6 is 22.7 Å². The van der Waals surface area contributed by atoms with Gasteiger partial charge in [-0.25, -0.2) is 0 Å². The van der Waals surface area contributed by atoms with Crippen LogP contribution in [0.5, 0.6) is 0 Å². The molecule has 2 aromatic heterocycles. The number of anilines is 3. The molecular formula is C58H39NS2. The quantitative estimate of drug-likeness (QED) is 0.155. The summed E-state index contributed by atoms with van der Waals surface area (Å²) in [5.41, 5.74) is 16.2. The predicted octanol–water partition coefficient (Wildman–Crippen LogP) is 17.5. The van der Waals surface area contributed by atoms with Crippen molar-refractivity contribution < 1.29 is 0 Å². The van der Waals surface area contributed by atoms with Crippen molar-refractivity contribution in [2.75, 3.05) is 4.90 Å². The van der Waals surface area contributed by atoms with Gasteiger partial charge in [-0.05, 0) is 129 Å². The summed E-state index contributed by atoms with van der Waals surface area (Å²) in [6.45, 7) is 0. The van der Waals surface area contributed by atoms with Crippen molar-refractivity contribution >= 4 is 86.2 Å². The van der Waals surface area contributed by atoms with E-state index in [1.165, 1.54) is 102 Å². The van der Waals surface area contributed by atoms with Gasteiger partial charge in [0.15, 0.2) is 0 Å². The molecule has 1 nitrogen and oxygen atoms in total. The fourth-order valence-corrected chi connectivity index (χ4v) is 11.7. The van der Waals surface area contributed by atoms with Gasteiger partial charge >= 0.3 is 0 Å². The van der Waals surface area contributed by atoms with E-state index in [2.05, 4.69) is 217 Å². The van der Waals surface area contributed by atoms with Gasteiger partial charge in [-0.15, -0.1) is 22.7 Å². The van der Waals surface area contributed by atoms with Gasteiger partial charge < -0.3 is 4.90 Å². The molecule has 0 unspecified atom stereocenters. The number of thiophene rings is 2. The third-order valence-corrected chi connectivity index (χ3v) is 14.7. The number of nitrogens with zero attached hydrogens (tertiary/aromatic N) is 1. The molecule has 3 heteroatoms. The Morgan fingerprint density at radius 3 is 1.82 bits per heavy atom. The second-order valence-corrected chi connectivity index (χ2v) is 18.1. The smallest absolute Gasteiger partial charge is 0.0555 e. The summed E-state index contributed by atoms with van der Waals surface area (Å²) in [4.78, 5) is 2.50. The number of hydrogen-bond acceptors (Lipinski definition) is 3. The van der Waals surface area contributed by atoms with E-state index in [0.29, 0.717) is 0 Å². The molecule has 288 valence electrons. The molecule has 0 radical (unpaired) electrons. The van der Waals surface area contributed by atoms with E-state index in [-0.39, 0.29) is 0 Å². The third kappa shape index (κ3) is 6.28. The number of fused-ring (bicyclic) bond motifs is 7. The van der Waals surface area contributed by atoms with Crippen LogP contribution in [0.1, 0.15) is 17.5 Å². The van der Waals surface area contributed by atoms with Crippen molar-refractivity contribution in [2.45, 2.75) is 12.8 Å². The Kier molecular flexibility index (Phi) is 8.76. The Labute approximate surface area is 363 Å². The van der Waals surface area contributed by atoms with E-state index in [1.54, 1.807) is 0 Å². The Hall–Kier alpha value is -7.04. The zero-order valence-electron chi connectivity index (χ0n) is 33.4. The first-order valence-corrected chi connectivity index (χ1v) is 22.7. The van der Waals surface area contributed by atoms with Crippen molar-refractivity contribution in [1.82, 2.24) is 0 Å². The van der Waals surface area contributed by atoms with Crippen LogP contribution in [0, 0.1) is 0 Å². The largest absolute Gasteiger partial charge is 0.310 e. The lowest BCUT2D eigenvalue weighted by atomic mass is 9.87. The molecule has 0 amide bonds. The fraction of sp³-hybridized carbons (Fsp3) is 0.0345. The highest BCUT2D eigenvalue weighted by molar-refractivity contribution is 7.26. The first-order valence-electron chi connectivity index (χ1n) is 21.0. The summed E-state index contributed by atoms with van der Waals surface area (Å²) in [5.74, 6) is 0. The molecule has 1 aliphatic carbocycles. The average Bonchev–Trinajstić information content (AvgIpc) is 3.91. The minimum Gasteiger partial charge on any atom is -0.310 e. The number of benzene rings is 9. The molecular weight excluding hydrogens is 775 g/mol. The van der Waals surface area contributed by atoms with Crippen LogP contribution in [0.15, 0.2) is 206 Å². The first kappa shape index (κ1) is 35.9. The Morgan fingerprint density at radius 2 is 1.03 bits per heavy atom. The average molecular weight is 814 g/mol. The molecule has 0 fully saturated rings. The van der Waals surface area contributed by atoms with Gasteiger partial charge in [-0.2, -0.15) is 0 Å². The summed E-state index contributed by atoms with van der Waals surface area (Å²) in [6, 6.07) is 74.1. The van der Waals surface area contributed by atoms with Crippen molar-refractivity contribution in [3.8, 4) is 44.5 Å². The number of allylic oxidation sites excluding steroid dienone is 1. The van der Waals surface area contributed by atoms with Gasteiger partial charge in [0.05, 0.1) is 5.69 Å². The topological polar surface area (TPSA) is 3.24 Å². The Bertz CT molecular complexity index is 3450. The molecule has 61 heavy (non-hydrogen) atoms. The van der Waals surface area contributed by atoms with Gasteiger partial charge in [0, 0.05) is 51.7 Å². The van der Waals surface area contributed by atoms with Crippen molar-refractivity contribution in [1.29, 1.82) is 0 Å². The molecule has 12 rings (SSSR count). The maximum atomic E-state index is 2.50. The highest BCUT2D eigenvalue weighted by atomic mass is 32.1. The van der Waals surface area contributed by atoms with E-state index >= 15 is 0 Å². The molecule has 11 aromatic rings. The minimum atomic E-state index is 1.08. The van der Waals surface area contributed by atoms with Crippen LogP contribution in [0.2, 0.25) is 0 Å². The van der Waals surface area contributed by atoms with E-state index in [4.69, 9.17) is 0 Å². The van der Waals surface area contributed by atoms with Gasteiger partial charge in [0.1, 0.15) is 0 Å². The minimum absolute atomic E-state index is 1.08. The molecule has 9 aromatic carbocycles. The van der Waals surface area contributed by atoms with Gasteiger partial charge in [-0.1, -0.05) is 152 Å². The van der Waals surface area contributed by atoms with E-state index < -0.39 is 0 Å². The summed E-state index contributed by atoms with van der Waals surface area (Å²) in [7, 11) is 0. The Morgan fingerprint density at radius 1 is 0.393 bits per heavy atom. The van der Waals surface area contributed by atoms with Gasteiger partial charge in [0.2, 0.25) is 0 Å². The highest BCUT2D eigenvalue weighted by Gasteiger charge is 2.23. The van der Waals surface area contributed by atoms with Crippen molar-refractivity contribution in [2.24, 2.45) is 0 Å². The van der Waals surface area contributed by atoms with Crippen LogP contribution in [0.3, 0.4) is 0 Å². The van der Waals surface area contributed by atoms with Crippen LogP contribution in [-0.2, 0) is 6.42 Å². The van der Waals surface area contributed by atoms with Crippen molar-refractivity contribution in [3.05, 3.63) is 217 Å². The standard InChI is InChI=1S/C58H39NS2/c1-4-14-38(15-5-1)44-26-30-48-52-37-46(29-33-55(52)60-56(48)36-44)59(53-32-31-47(39-16-6-2-7-17-39)58-57(53)49-22-12-13-23-54(49)61-58)45-27-24-41(25-28-45)51-35-43-21-11-10-20-42(43)34-50(51)40-18-8-3-9-19-40/h1-9,11-19,21-37H,10,20H2. The molecule has 0 aliphatic heterocycles. The molecule has 1 aliphatic rings. The molecule has 2 heterocycles. The molecule has 0 saturated carbocycles. The predicted molar refractivity (Wildman–Crippen MR) is 266 cm³/mol. The maximum Gasteiger partial charge on any atom is 0.0555 e. The molecule has 0 N–H and O–H groups in total. The second-order valence-electron chi connectivity index (χ2n) is 15.9. The summed E-state index contributed by atoms with van der Waals surface area (Å²) in [6.07, 6.45) is 6.77. The van der Waals surface area contributed by atoms with E-state index in [9.17, 15) is 0 Å². The lowest BCUT2D eigenvalue weighted by molar-refractivity contribution is 0.986. The maximum absolute atomic E-state index is 2.50. The Balaban J connectivity index is 1.06. The number of hydrogen-bond donors (Lipinski definition) is 0. The summed E-state index contributed by atoms with van der Waals surface area (Å²) in [5, 5.41) is 5.13. The lowest BCUT2D eigenvalue weighted by Gasteiger charge is -2.27. The molecule has 0 saturated heterocycles.